The van der Waals surface area contributed by atoms with Gasteiger partial charge in [0.2, 0.25) is 5.91 Å². The largest absolute Gasteiger partial charge is 0.382 e. The van der Waals surface area contributed by atoms with Crippen LogP contribution in [0.1, 0.15) is 10.4 Å². The van der Waals surface area contributed by atoms with Gasteiger partial charge in [0, 0.05) is 38.9 Å². The molecule has 0 radical (unpaired) electrons. The van der Waals surface area contributed by atoms with Crippen molar-refractivity contribution in [3.8, 4) is 0 Å². The van der Waals surface area contributed by atoms with Crippen molar-refractivity contribution in [2.75, 3.05) is 53.1 Å². The van der Waals surface area contributed by atoms with Gasteiger partial charge in [0.25, 0.3) is 5.91 Å². The summed E-state index contributed by atoms with van der Waals surface area (Å²) in [6.45, 7) is 3.06. The van der Waals surface area contributed by atoms with Crippen molar-refractivity contribution in [1.82, 2.24) is 9.80 Å². The van der Waals surface area contributed by atoms with Gasteiger partial charge >= 0.3 is 0 Å². The predicted octanol–water partition coefficient (Wildman–Crippen LogP) is 1.79. The van der Waals surface area contributed by atoms with Gasteiger partial charge < -0.3 is 19.3 Å². The van der Waals surface area contributed by atoms with Crippen molar-refractivity contribution in [1.29, 1.82) is 0 Å². The number of hydrogen-bond donors (Lipinski definition) is 0. The summed E-state index contributed by atoms with van der Waals surface area (Å²) >= 11 is 0. The topological polar surface area (TPSA) is 59.1 Å². The molecule has 6 heteroatoms. The number of hydrogen-bond acceptors (Lipinski definition) is 4. The molecule has 0 saturated carbocycles. The number of benzene rings is 2. The summed E-state index contributed by atoms with van der Waals surface area (Å²) in [4.78, 5) is 28.6. The lowest BCUT2D eigenvalue weighted by Crippen LogP contribution is -2.51. The molecule has 2 aromatic rings. The Bertz CT molecular complexity index is 764. The van der Waals surface area contributed by atoms with E-state index in [1.54, 1.807) is 12.0 Å². The molecule has 0 N–H and O–H groups in total. The second kappa shape index (κ2) is 8.78. The van der Waals surface area contributed by atoms with Crippen molar-refractivity contribution in [2.24, 2.45) is 0 Å². The quantitative estimate of drug-likeness (QED) is 0.741. The Morgan fingerprint density at radius 3 is 2.38 bits per heavy atom. The molecule has 0 bridgehead atoms. The first-order chi connectivity index (χ1) is 12.7. The summed E-state index contributed by atoms with van der Waals surface area (Å²) in [5.74, 6) is -0.0244. The number of rotatable bonds is 6. The fourth-order valence-corrected chi connectivity index (χ4v) is 3.13. The van der Waals surface area contributed by atoms with Crippen molar-refractivity contribution in [3.63, 3.8) is 0 Å². The van der Waals surface area contributed by atoms with Crippen LogP contribution in [-0.2, 0) is 14.3 Å². The summed E-state index contributed by atoms with van der Waals surface area (Å²) in [5, 5.41) is 2.02. The van der Waals surface area contributed by atoms with E-state index < -0.39 is 0 Å². The molecule has 0 atom stereocenters. The molecule has 1 fully saturated rings. The molecule has 0 spiro atoms. The Morgan fingerprint density at radius 1 is 0.923 bits per heavy atom. The van der Waals surface area contributed by atoms with Crippen LogP contribution in [0.15, 0.2) is 42.5 Å². The van der Waals surface area contributed by atoms with Gasteiger partial charge in [0.05, 0.1) is 13.2 Å². The first-order valence-corrected chi connectivity index (χ1v) is 8.82. The van der Waals surface area contributed by atoms with E-state index in [2.05, 4.69) is 0 Å². The van der Waals surface area contributed by atoms with Crippen LogP contribution in [-0.4, -0.2) is 74.7 Å². The second-order valence-corrected chi connectivity index (χ2v) is 6.25. The highest BCUT2D eigenvalue weighted by molar-refractivity contribution is 6.07. The Morgan fingerprint density at radius 2 is 1.62 bits per heavy atom. The summed E-state index contributed by atoms with van der Waals surface area (Å²) in [6, 6.07) is 13.7. The van der Waals surface area contributed by atoms with E-state index in [0.29, 0.717) is 45.0 Å². The number of fused-ring (bicyclic) bond motifs is 1. The van der Waals surface area contributed by atoms with E-state index in [1.165, 1.54) is 0 Å². The molecule has 2 amide bonds. The minimum absolute atomic E-state index is 0.0187. The summed E-state index contributed by atoms with van der Waals surface area (Å²) in [7, 11) is 1.59. The highest BCUT2D eigenvalue weighted by atomic mass is 16.5. The fourth-order valence-electron chi connectivity index (χ4n) is 3.13. The molecule has 6 nitrogen and oxygen atoms in total. The first kappa shape index (κ1) is 18.4. The minimum Gasteiger partial charge on any atom is -0.382 e. The van der Waals surface area contributed by atoms with Crippen LogP contribution in [0.2, 0.25) is 0 Å². The number of piperazine rings is 1. The van der Waals surface area contributed by atoms with E-state index in [4.69, 9.17) is 9.47 Å². The molecule has 3 rings (SSSR count). The van der Waals surface area contributed by atoms with Gasteiger partial charge in [-0.2, -0.15) is 0 Å². The van der Waals surface area contributed by atoms with Gasteiger partial charge in [-0.15, -0.1) is 0 Å². The van der Waals surface area contributed by atoms with Gasteiger partial charge in [0.15, 0.2) is 0 Å². The molecule has 138 valence electrons. The Hall–Kier alpha value is -2.44. The maximum Gasteiger partial charge on any atom is 0.254 e. The van der Waals surface area contributed by atoms with Crippen LogP contribution in [0.3, 0.4) is 0 Å². The zero-order chi connectivity index (χ0) is 18.4. The smallest absolute Gasteiger partial charge is 0.254 e. The number of amides is 2. The Kier molecular flexibility index (Phi) is 6.20. The number of carbonyl (C=O) groups is 2. The van der Waals surface area contributed by atoms with Crippen LogP contribution in [0.4, 0.5) is 0 Å². The first-order valence-electron chi connectivity index (χ1n) is 8.82. The summed E-state index contributed by atoms with van der Waals surface area (Å²) in [6.07, 6.45) is 0. The molecule has 0 aromatic heterocycles. The van der Waals surface area contributed by atoms with E-state index in [9.17, 15) is 9.59 Å². The molecule has 1 aliphatic heterocycles. The van der Waals surface area contributed by atoms with Gasteiger partial charge in [-0.1, -0.05) is 36.4 Å². The molecule has 26 heavy (non-hydrogen) atoms. The average molecular weight is 356 g/mol. The van der Waals surface area contributed by atoms with Crippen molar-refractivity contribution in [3.05, 3.63) is 48.0 Å². The molecule has 2 aromatic carbocycles. The van der Waals surface area contributed by atoms with Crippen molar-refractivity contribution in [2.45, 2.75) is 0 Å². The Labute approximate surface area is 153 Å². The molecule has 1 heterocycles. The van der Waals surface area contributed by atoms with Gasteiger partial charge in [0.1, 0.15) is 6.61 Å². The fraction of sp³-hybridized carbons (Fsp3) is 0.400. The minimum atomic E-state index is -0.0432. The van der Waals surface area contributed by atoms with Crippen molar-refractivity contribution < 1.29 is 19.1 Å². The number of nitrogens with zero attached hydrogens (tertiary/aromatic N) is 2. The zero-order valence-electron chi connectivity index (χ0n) is 15.0. The normalized spacial score (nSPS) is 14.7. The maximum atomic E-state index is 12.9. The second-order valence-electron chi connectivity index (χ2n) is 6.25. The average Bonchev–Trinajstić information content (AvgIpc) is 2.70. The van der Waals surface area contributed by atoms with Crippen molar-refractivity contribution >= 4 is 22.6 Å². The SMILES string of the molecule is COCCOCC(=O)N1CCN(C(=O)c2cccc3ccccc23)CC1. The lowest BCUT2D eigenvalue weighted by molar-refractivity contribution is -0.138. The highest BCUT2D eigenvalue weighted by Gasteiger charge is 2.25. The van der Waals surface area contributed by atoms with Gasteiger partial charge in [-0.3, -0.25) is 9.59 Å². The molecule has 0 aliphatic carbocycles. The molecular weight excluding hydrogens is 332 g/mol. The van der Waals surface area contributed by atoms with Crippen LogP contribution < -0.4 is 0 Å². The van der Waals surface area contributed by atoms with E-state index in [-0.39, 0.29) is 18.4 Å². The number of methoxy groups -OCH3 is 1. The number of carbonyl (C=O) groups excluding carboxylic acids is 2. The maximum absolute atomic E-state index is 12.9. The number of ether oxygens (including phenoxy) is 2. The highest BCUT2D eigenvalue weighted by Crippen LogP contribution is 2.20. The Balaban J connectivity index is 1.57. The zero-order valence-corrected chi connectivity index (χ0v) is 15.0. The third-order valence-corrected chi connectivity index (χ3v) is 4.60. The van der Waals surface area contributed by atoms with Crippen LogP contribution in [0.5, 0.6) is 0 Å². The van der Waals surface area contributed by atoms with Crippen LogP contribution in [0, 0.1) is 0 Å². The molecule has 1 saturated heterocycles. The predicted molar refractivity (Wildman–Crippen MR) is 99.1 cm³/mol. The van der Waals surface area contributed by atoms with E-state index in [1.807, 2.05) is 47.4 Å². The summed E-state index contributed by atoms with van der Waals surface area (Å²) in [5.41, 5.74) is 0.714. The van der Waals surface area contributed by atoms with Crippen LogP contribution >= 0.6 is 0 Å². The van der Waals surface area contributed by atoms with Gasteiger partial charge in [-0.05, 0) is 16.8 Å². The standard InChI is InChI=1S/C20H24N2O4/c1-25-13-14-26-15-19(23)21-9-11-22(12-10-21)20(24)18-8-4-6-16-5-2-3-7-17(16)18/h2-8H,9-15H2,1H3. The van der Waals surface area contributed by atoms with Gasteiger partial charge in [-0.25, -0.2) is 0 Å². The van der Waals surface area contributed by atoms with E-state index in [0.717, 1.165) is 10.8 Å². The lowest BCUT2D eigenvalue weighted by Gasteiger charge is -2.35. The van der Waals surface area contributed by atoms with E-state index >= 15 is 0 Å². The molecular formula is C20H24N2O4. The third kappa shape index (κ3) is 4.20. The summed E-state index contributed by atoms with van der Waals surface area (Å²) < 4.78 is 10.2. The third-order valence-electron chi connectivity index (χ3n) is 4.60. The lowest BCUT2D eigenvalue weighted by atomic mass is 10.0. The van der Waals surface area contributed by atoms with Crippen LogP contribution in [0.25, 0.3) is 10.8 Å². The monoisotopic (exact) mass is 356 g/mol. The molecule has 1 aliphatic rings. The molecule has 0 unspecified atom stereocenters.